The highest BCUT2D eigenvalue weighted by molar-refractivity contribution is 6.30. The van der Waals surface area contributed by atoms with Crippen molar-refractivity contribution in [1.29, 1.82) is 0 Å². The summed E-state index contributed by atoms with van der Waals surface area (Å²) >= 11 is 5.77. The minimum atomic E-state index is -4.64. The Balaban J connectivity index is 1.85. The number of hydrogen-bond acceptors (Lipinski definition) is 4. The zero-order chi connectivity index (χ0) is 22.2. The molecule has 0 aliphatic rings. The molecule has 4 rings (SSSR count). The molecule has 10 heteroatoms. The van der Waals surface area contributed by atoms with Gasteiger partial charge < -0.3 is 15.0 Å². The summed E-state index contributed by atoms with van der Waals surface area (Å²) in [5, 5.41) is 2.59. The van der Waals surface area contributed by atoms with Gasteiger partial charge in [-0.2, -0.15) is 13.2 Å². The van der Waals surface area contributed by atoms with E-state index in [1.54, 1.807) is 24.3 Å². The van der Waals surface area contributed by atoms with Crippen molar-refractivity contribution in [2.45, 2.75) is 6.18 Å². The maximum absolute atomic E-state index is 13.5. The molecule has 4 aromatic rings. The lowest BCUT2D eigenvalue weighted by Crippen LogP contribution is -2.13. The van der Waals surface area contributed by atoms with Gasteiger partial charge >= 0.3 is 6.18 Å². The van der Waals surface area contributed by atoms with Crippen LogP contribution in [0.4, 0.5) is 19.0 Å². The largest absolute Gasteiger partial charge is 0.497 e. The van der Waals surface area contributed by atoms with Crippen LogP contribution < -0.4 is 10.1 Å². The van der Waals surface area contributed by atoms with Gasteiger partial charge in [0, 0.05) is 22.8 Å². The van der Waals surface area contributed by atoms with Gasteiger partial charge in [0.05, 0.1) is 23.8 Å². The predicted molar refractivity (Wildman–Crippen MR) is 110 cm³/mol. The van der Waals surface area contributed by atoms with Crippen LogP contribution in [0.25, 0.3) is 22.4 Å². The quantitative estimate of drug-likeness (QED) is 0.430. The normalized spacial score (nSPS) is 11.5. The molecule has 0 fully saturated rings. The number of hydrogen-bond donors (Lipinski definition) is 2. The molecular weight excluding hydrogens is 433 g/mol. The first-order valence-electron chi connectivity index (χ1n) is 8.93. The van der Waals surface area contributed by atoms with Crippen LogP contribution in [0.3, 0.4) is 0 Å². The first-order valence-corrected chi connectivity index (χ1v) is 9.31. The Morgan fingerprint density at radius 1 is 1.16 bits per heavy atom. The Bertz CT molecular complexity index is 1270. The number of amides is 1. The molecule has 0 aliphatic carbocycles. The van der Waals surface area contributed by atoms with Crippen LogP contribution >= 0.6 is 11.6 Å². The van der Waals surface area contributed by atoms with Crippen molar-refractivity contribution in [2.75, 3.05) is 12.4 Å². The van der Waals surface area contributed by atoms with Crippen LogP contribution in [0.1, 0.15) is 15.9 Å². The first kappa shape index (κ1) is 20.7. The summed E-state index contributed by atoms with van der Waals surface area (Å²) in [6, 6.07) is 11.4. The van der Waals surface area contributed by atoms with Crippen LogP contribution in [-0.4, -0.2) is 28.0 Å². The minimum Gasteiger partial charge on any atom is -0.497 e. The highest BCUT2D eigenvalue weighted by Crippen LogP contribution is 2.38. The summed E-state index contributed by atoms with van der Waals surface area (Å²) in [4.78, 5) is 24.0. The maximum atomic E-state index is 13.5. The molecule has 158 valence electrons. The third-order valence-corrected chi connectivity index (χ3v) is 4.72. The number of aromatic amines is 1. The molecule has 0 bridgehead atoms. The van der Waals surface area contributed by atoms with Crippen molar-refractivity contribution in [3.8, 4) is 17.1 Å². The third-order valence-electron chi connectivity index (χ3n) is 4.49. The van der Waals surface area contributed by atoms with Crippen LogP contribution in [-0.2, 0) is 6.18 Å². The number of halogens is 4. The second kappa shape index (κ2) is 7.92. The molecule has 1 amide bonds. The molecule has 2 aromatic heterocycles. The van der Waals surface area contributed by atoms with Crippen molar-refractivity contribution in [3.05, 3.63) is 70.9 Å². The number of alkyl halides is 3. The summed E-state index contributed by atoms with van der Waals surface area (Å²) in [6.45, 7) is 0. The fraction of sp³-hybridized carbons (Fsp3) is 0.0952. The standard InChI is InChI=1S/C21H14ClF3N4O2/c1-31-12-9-14(20(30)28-17-4-2-3-7-26-17)18-16(10-12)27-19(29-18)13-6-5-11(22)8-15(13)21(23,24)25/h2-10H,1H3,(H,27,29)(H,26,28,30). The van der Waals surface area contributed by atoms with Crippen molar-refractivity contribution in [3.63, 3.8) is 0 Å². The molecule has 0 atom stereocenters. The number of imidazole rings is 1. The maximum Gasteiger partial charge on any atom is 0.417 e. The topological polar surface area (TPSA) is 79.9 Å². The van der Waals surface area contributed by atoms with Gasteiger partial charge in [-0.15, -0.1) is 0 Å². The van der Waals surface area contributed by atoms with E-state index in [2.05, 4.69) is 20.3 Å². The van der Waals surface area contributed by atoms with Crippen LogP contribution in [0.15, 0.2) is 54.7 Å². The first-order chi connectivity index (χ1) is 14.8. The number of methoxy groups -OCH3 is 1. The Morgan fingerprint density at radius 2 is 1.97 bits per heavy atom. The number of H-pyrrole nitrogens is 1. The lowest BCUT2D eigenvalue weighted by molar-refractivity contribution is -0.137. The second-order valence-corrected chi connectivity index (χ2v) is 6.95. The molecule has 0 spiro atoms. The van der Waals surface area contributed by atoms with E-state index in [4.69, 9.17) is 16.3 Å². The minimum absolute atomic E-state index is 0.0516. The van der Waals surface area contributed by atoms with E-state index in [-0.39, 0.29) is 27.5 Å². The Hall–Kier alpha value is -3.59. The number of fused-ring (bicyclic) bond motifs is 1. The van der Waals surface area contributed by atoms with Crippen molar-refractivity contribution >= 4 is 34.4 Å². The molecule has 2 aromatic carbocycles. The molecule has 31 heavy (non-hydrogen) atoms. The van der Waals surface area contributed by atoms with Crippen LogP contribution in [0, 0.1) is 0 Å². The van der Waals surface area contributed by atoms with Gasteiger partial charge in [0.1, 0.15) is 22.9 Å². The smallest absolute Gasteiger partial charge is 0.417 e. The SMILES string of the molecule is COc1cc(C(=O)Nc2ccccn2)c2nc(-c3ccc(Cl)cc3C(F)(F)F)[nH]c2c1. The number of carbonyl (C=O) groups excluding carboxylic acids is 1. The number of nitrogens with one attached hydrogen (secondary N) is 2. The predicted octanol–water partition coefficient (Wildman–Crippen LogP) is 5.56. The average molecular weight is 447 g/mol. The van der Waals surface area contributed by atoms with E-state index >= 15 is 0 Å². The fourth-order valence-electron chi connectivity index (χ4n) is 3.09. The molecule has 6 nitrogen and oxygen atoms in total. The number of nitrogens with zero attached hydrogens (tertiary/aromatic N) is 2. The highest BCUT2D eigenvalue weighted by atomic mass is 35.5. The molecular formula is C21H14ClF3N4O2. The number of ether oxygens (including phenoxy) is 1. The molecule has 0 unspecified atom stereocenters. The molecule has 2 N–H and O–H groups in total. The van der Waals surface area contributed by atoms with Gasteiger partial charge in [-0.1, -0.05) is 17.7 Å². The summed E-state index contributed by atoms with van der Waals surface area (Å²) in [5.41, 5.74) is -0.491. The molecule has 0 saturated carbocycles. The molecule has 0 saturated heterocycles. The van der Waals surface area contributed by atoms with E-state index in [0.717, 1.165) is 6.07 Å². The summed E-state index contributed by atoms with van der Waals surface area (Å²) in [5.74, 6) is 0.0595. The second-order valence-electron chi connectivity index (χ2n) is 6.51. The monoisotopic (exact) mass is 446 g/mol. The van der Waals surface area contributed by atoms with Crippen molar-refractivity contribution in [2.24, 2.45) is 0 Å². The van der Waals surface area contributed by atoms with E-state index in [9.17, 15) is 18.0 Å². The molecule has 0 radical (unpaired) electrons. The van der Waals surface area contributed by atoms with Crippen LogP contribution in [0.5, 0.6) is 5.75 Å². The fourth-order valence-corrected chi connectivity index (χ4v) is 3.26. The summed E-state index contributed by atoms with van der Waals surface area (Å²) in [7, 11) is 1.42. The van der Waals surface area contributed by atoms with Crippen LogP contribution in [0.2, 0.25) is 5.02 Å². The van der Waals surface area contributed by atoms with Gasteiger partial charge in [-0.25, -0.2) is 9.97 Å². The lowest BCUT2D eigenvalue weighted by atomic mass is 10.1. The Labute approximate surface area is 179 Å². The zero-order valence-corrected chi connectivity index (χ0v) is 16.7. The van der Waals surface area contributed by atoms with Gasteiger partial charge in [0.15, 0.2) is 0 Å². The molecule has 0 aliphatic heterocycles. The Kier molecular flexibility index (Phi) is 5.28. The summed E-state index contributed by atoms with van der Waals surface area (Å²) in [6.07, 6.45) is -3.13. The Morgan fingerprint density at radius 3 is 2.65 bits per heavy atom. The zero-order valence-electron chi connectivity index (χ0n) is 15.9. The highest BCUT2D eigenvalue weighted by Gasteiger charge is 2.35. The number of rotatable bonds is 4. The molecule has 2 heterocycles. The third kappa shape index (κ3) is 4.17. The van der Waals surface area contributed by atoms with Gasteiger partial charge in [-0.3, -0.25) is 4.79 Å². The van der Waals surface area contributed by atoms with Crippen molar-refractivity contribution in [1.82, 2.24) is 15.0 Å². The van der Waals surface area contributed by atoms with E-state index in [1.165, 1.54) is 31.5 Å². The lowest BCUT2D eigenvalue weighted by Gasteiger charge is -2.11. The summed E-state index contributed by atoms with van der Waals surface area (Å²) < 4.78 is 45.9. The number of benzene rings is 2. The van der Waals surface area contributed by atoms with Gasteiger partial charge in [-0.05, 0) is 36.4 Å². The van der Waals surface area contributed by atoms with Crippen molar-refractivity contribution < 1.29 is 22.7 Å². The van der Waals surface area contributed by atoms with E-state index < -0.39 is 17.6 Å². The number of pyridine rings is 1. The average Bonchev–Trinajstić information content (AvgIpc) is 3.16. The van der Waals surface area contributed by atoms with Gasteiger partial charge in [0.2, 0.25) is 0 Å². The van der Waals surface area contributed by atoms with E-state index in [1.807, 2.05) is 0 Å². The number of aromatic nitrogens is 3. The number of carbonyl (C=O) groups is 1. The van der Waals surface area contributed by atoms with Gasteiger partial charge in [0.25, 0.3) is 5.91 Å². The number of anilines is 1. The van der Waals surface area contributed by atoms with E-state index in [0.29, 0.717) is 17.1 Å².